The molecule has 6 heteroatoms. The Bertz CT molecular complexity index is 682. The van der Waals surface area contributed by atoms with E-state index in [1.807, 2.05) is 17.8 Å². The molecule has 2 N–H and O–H groups in total. The average Bonchev–Trinajstić information content (AvgIpc) is 2.95. The highest BCUT2D eigenvalue weighted by Gasteiger charge is 2.34. The Hall–Kier alpha value is -1.40. The van der Waals surface area contributed by atoms with E-state index in [0.29, 0.717) is 17.3 Å². The van der Waals surface area contributed by atoms with E-state index < -0.39 is 5.60 Å². The van der Waals surface area contributed by atoms with Crippen LogP contribution in [0.2, 0.25) is 0 Å². The Kier molecular flexibility index (Phi) is 3.53. The second kappa shape index (κ2) is 5.10. The third-order valence-electron chi connectivity index (χ3n) is 4.17. The number of rotatable bonds is 4. The van der Waals surface area contributed by atoms with Crippen molar-refractivity contribution in [3.63, 3.8) is 0 Å². The summed E-state index contributed by atoms with van der Waals surface area (Å²) in [7, 11) is 1.91. The molecule has 0 bridgehead atoms. The molecule has 0 atom stereocenters. The number of amides is 1. The molecule has 0 aliphatic heterocycles. The van der Waals surface area contributed by atoms with Gasteiger partial charge in [-0.25, -0.2) is 0 Å². The molecule has 5 nitrogen and oxygen atoms in total. The molecule has 114 valence electrons. The monoisotopic (exact) mass is 307 g/mol. The topological polar surface area (TPSA) is 67.2 Å². The summed E-state index contributed by atoms with van der Waals surface area (Å²) in [6.07, 6.45) is 2.60. The summed E-state index contributed by atoms with van der Waals surface area (Å²) in [6, 6.07) is 1.92. The summed E-state index contributed by atoms with van der Waals surface area (Å²) in [6.45, 7) is 4.55. The quantitative estimate of drug-likeness (QED) is 0.911. The molecule has 1 aliphatic carbocycles. The van der Waals surface area contributed by atoms with Gasteiger partial charge in [0.15, 0.2) is 0 Å². The molecule has 1 aliphatic rings. The number of carbonyl (C=O) groups is 1. The van der Waals surface area contributed by atoms with Gasteiger partial charge < -0.3 is 10.4 Å². The highest BCUT2D eigenvalue weighted by atomic mass is 32.1. The van der Waals surface area contributed by atoms with E-state index in [9.17, 15) is 9.90 Å². The van der Waals surface area contributed by atoms with Crippen LogP contribution in [0.1, 0.15) is 54.4 Å². The van der Waals surface area contributed by atoms with Crippen LogP contribution < -0.4 is 5.32 Å². The van der Waals surface area contributed by atoms with E-state index in [0.717, 1.165) is 35.2 Å². The number of nitrogens with zero attached hydrogens (tertiary/aromatic N) is 2. The van der Waals surface area contributed by atoms with E-state index in [-0.39, 0.29) is 5.91 Å². The molecule has 1 saturated carbocycles. The molecular formula is C15H21N3O2S. The maximum absolute atomic E-state index is 12.2. The zero-order valence-corrected chi connectivity index (χ0v) is 13.5. The number of aromatic nitrogens is 2. The van der Waals surface area contributed by atoms with Crippen LogP contribution in [-0.4, -0.2) is 32.9 Å². The van der Waals surface area contributed by atoms with Crippen LogP contribution in [0.5, 0.6) is 0 Å². The van der Waals surface area contributed by atoms with Gasteiger partial charge in [-0.05, 0) is 31.2 Å². The molecule has 0 saturated heterocycles. The van der Waals surface area contributed by atoms with Gasteiger partial charge in [-0.1, -0.05) is 13.8 Å². The highest BCUT2D eigenvalue weighted by molar-refractivity contribution is 7.20. The van der Waals surface area contributed by atoms with E-state index >= 15 is 0 Å². The Balaban J connectivity index is 1.80. The Labute approximate surface area is 128 Å². The van der Waals surface area contributed by atoms with Crippen molar-refractivity contribution in [1.82, 2.24) is 15.1 Å². The Morgan fingerprint density at radius 2 is 2.29 bits per heavy atom. The van der Waals surface area contributed by atoms with Crippen LogP contribution in [-0.2, 0) is 7.05 Å². The van der Waals surface area contributed by atoms with Gasteiger partial charge in [-0.15, -0.1) is 11.3 Å². The maximum Gasteiger partial charge on any atom is 0.261 e. The molecule has 0 radical (unpaired) electrons. The van der Waals surface area contributed by atoms with Gasteiger partial charge in [0.25, 0.3) is 5.91 Å². The summed E-state index contributed by atoms with van der Waals surface area (Å²) in [4.78, 5) is 14.0. The average molecular weight is 307 g/mol. The molecular weight excluding hydrogens is 286 g/mol. The fourth-order valence-corrected chi connectivity index (χ4v) is 3.69. The van der Waals surface area contributed by atoms with Crippen molar-refractivity contribution in [2.24, 2.45) is 7.05 Å². The SMILES string of the molecule is CC(C)c1nn(C)c2sc(C(=O)NCC3(O)CCC3)cc12. The summed E-state index contributed by atoms with van der Waals surface area (Å²) in [5.41, 5.74) is 0.345. The Morgan fingerprint density at radius 1 is 1.57 bits per heavy atom. The van der Waals surface area contributed by atoms with Crippen molar-refractivity contribution >= 4 is 27.5 Å². The van der Waals surface area contributed by atoms with Gasteiger partial charge in [0.05, 0.1) is 16.2 Å². The van der Waals surface area contributed by atoms with E-state index in [1.165, 1.54) is 11.3 Å². The molecule has 21 heavy (non-hydrogen) atoms. The molecule has 2 heterocycles. The fraction of sp³-hybridized carbons (Fsp3) is 0.600. The van der Waals surface area contributed by atoms with Gasteiger partial charge in [-0.3, -0.25) is 9.48 Å². The zero-order valence-electron chi connectivity index (χ0n) is 12.6. The lowest BCUT2D eigenvalue weighted by Gasteiger charge is -2.36. The highest BCUT2D eigenvalue weighted by Crippen LogP contribution is 2.32. The minimum atomic E-state index is -0.684. The smallest absolute Gasteiger partial charge is 0.261 e. The van der Waals surface area contributed by atoms with E-state index in [1.54, 1.807) is 0 Å². The number of thiophene rings is 1. The number of hydrogen-bond donors (Lipinski definition) is 2. The predicted molar refractivity (Wildman–Crippen MR) is 83.8 cm³/mol. The van der Waals surface area contributed by atoms with Gasteiger partial charge in [0.1, 0.15) is 4.83 Å². The van der Waals surface area contributed by atoms with Crippen molar-refractivity contribution < 1.29 is 9.90 Å². The van der Waals surface area contributed by atoms with Crippen LogP contribution in [0, 0.1) is 0 Å². The van der Waals surface area contributed by atoms with Gasteiger partial charge >= 0.3 is 0 Å². The Morgan fingerprint density at radius 3 is 2.86 bits per heavy atom. The van der Waals surface area contributed by atoms with Crippen molar-refractivity contribution in [3.05, 3.63) is 16.6 Å². The van der Waals surface area contributed by atoms with Crippen LogP contribution >= 0.6 is 11.3 Å². The van der Waals surface area contributed by atoms with Crippen molar-refractivity contribution in [1.29, 1.82) is 0 Å². The molecule has 2 aromatic rings. The molecule has 0 aromatic carbocycles. The first-order valence-electron chi connectivity index (χ1n) is 7.37. The van der Waals surface area contributed by atoms with Crippen molar-refractivity contribution in [3.8, 4) is 0 Å². The molecule has 1 amide bonds. The molecule has 0 spiro atoms. The molecule has 1 fully saturated rings. The first kappa shape index (κ1) is 14.5. The summed E-state index contributed by atoms with van der Waals surface area (Å²) < 4.78 is 1.84. The normalized spacial score (nSPS) is 17.2. The van der Waals surface area contributed by atoms with Crippen molar-refractivity contribution in [2.45, 2.75) is 44.6 Å². The lowest BCUT2D eigenvalue weighted by Crippen LogP contribution is -2.47. The predicted octanol–water partition coefficient (Wildman–Crippen LogP) is 2.40. The number of aryl methyl sites for hydroxylation is 1. The molecule has 3 rings (SSSR count). The van der Waals surface area contributed by atoms with Crippen LogP contribution in [0.3, 0.4) is 0 Å². The van der Waals surface area contributed by atoms with Gasteiger partial charge in [0, 0.05) is 19.0 Å². The minimum Gasteiger partial charge on any atom is -0.388 e. The first-order valence-corrected chi connectivity index (χ1v) is 8.18. The van der Waals surface area contributed by atoms with Crippen LogP contribution in [0.25, 0.3) is 10.2 Å². The van der Waals surface area contributed by atoms with Crippen LogP contribution in [0.4, 0.5) is 0 Å². The first-order chi connectivity index (χ1) is 9.89. The minimum absolute atomic E-state index is 0.105. The number of carbonyl (C=O) groups excluding carboxylic acids is 1. The fourth-order valence-electron chi connectivity index (χ4n) is 2.70. The van der Waals surface area contributed by atoms with Crippen LogP contribution in [0.15, 0.2) is 6.07 Å². The standard InChI is InChI=1S/C15H21N3O2S/c1-9(2)12-10-7-11(21-14(10)18(3)17-12)13(19)16-8-15(20)5-4-6-15/h7,9,20H,4-6,8H2,1-3H3,(H,16,19). The number of fused-ring (bicyclic) bond motifs is 1. The third kappa shape index (κ3) is 2.58. The van der Waals surface area contributed by atoms with E-state index in [4.69, 9.17) is 0 Å². The molecule has 2 aromatic heterocycles. The summed E-state index contributed by atoms with van der Waals surface area (Å²) in [5, 5.41) is 18.5. The van der Waals surface area contributed by atoms with Crippen molar-refractivity contribution in [2.75, 3.05) is 6.54 Å². The zero-order chi connectivity index (χ0) is 15.2. The second-order valence-corrected chi connectivity index (χ2v) is 7.28. The largest absolute Gasteiger partial charge is 0.388 e. The molecule has 0 unspecified atom stereocenters. The lowest BCUT2D eigenvalue weighted by atomic mass is 9.80. The maximum atomic E-state index is 12.2. The third-order valence-corrected chi connectivity index (χ3v) is 5.37. The van der Waals surface area contributed by atoms with Gasteiger partial charge in [-0.2, -0.15) is 5.10 Å². The number of nitrogens with one attached hydrogen (secondary N) is 1. The van der Waals surface area contributed by atoms with Gasteiger partial charge in [0.2, 0.25) is 0 Å². The summed E-state index contributed by atoms with van der Waals surface area (Å²) in [5.74, 6) is 0.223. The summed E-state index contributed by atoms with van der Waals surface area (Å²) >= 11 is 1.45. The number of hydrogen-bond acceptors (Lipinski definition) is 4. The lowest BCUT2D eigenvalue weighted by molar-refractivity contribution is -0.0300. The second-order valence-electron chi connectivity index (χ2n) is 6.25. The number of aliphatic hydroxyl groups is 1. The van der Waals surface area contributed by atoms with E-state index in [2.05, 4.69) is 24.3 Å².